The number of hydrogen-bond acceptors (Lipinski definition) is 3. The summed E-state index contributed by atoms with van der Waals surface area (Å²) in [5.74, 6) is -2.41. The van der Waals surface area contributed by atoms with Crippen LogP contribution < -0.4 is 10.6 Å². The van der Waals surface area contributed by atoms with Crippen molar-refractivity contribution in [2.75, 3.05) is 11.9 Å². The van der Waals surface area contributed by atoms with E-state index in [-0.39, 0.29) is 12.1 Å². The molecule has 0 aliphatic carbocycles. The summed E-state index contributed by atoms with van der Waals surface area (Å²) in [5, 5.41) is 15.0. The standard InChI is InChI=1S/C16H14ClFN2O3/c17-10-5-7-11(8-6-10)20-16(23)15(22)19-9-14(21)12-3-1-2-4-13(12)18/h1-8,14,21H,9H2,(H,19,22)(H,20,23). The number of anilines is 1. The maximum atomic E-state index is 13.5. The van der Waals surface area contributed by atoms with Crippen molar-refractivity contribution in [1.82, 2.24) is 5.32 Å². The third-order valence-electron chi connectivity index (χ3n) is 3.03. The molecular weight excluding hydrogens is 323 g/mol. The molecule has 0 aromatic heterocycles. The number of halogens is 2. The van der Waals surface area contributed by atoms with Crippen LogP contribution in [0.4, 0.5) is 10.1 Å². The Morgan fingerprint density at radius 3 is 2.39 bits per heavy atom. The van der Waals surface area contributed by atoms with Crippen LogP contribution in [0.5, 0.6) is 0 Å². The molecule has 0 aliphatic heterocycles. The van der Waals surface area contributed by atoms with Gasteiger partial charge in [0.2, 0.25) is 0 Å². The van der Waals surface area contributed by atoms with Gasteiger partial charge in [-0.25, -0.2) is 4.39 Å². The maximum Gasteiger partial charge on any atom is 0.313 e. The molecule has 23 heavy (non-hydrogen) atoms. The Hall–Kier alpha value is -2.44. The Morgan fingerprint density at radius 2 is 1.74 bits per heavy atom. The lowest BCUT2D eigenvalue weighted by molar-refractivity contribution is -0.136. The van der Waals surface area contributed by atoms with Gasteiger partial charge in [0.05, 0.1) is 6.10 Å². The molecule has 0 spiro atoms. The minimum Gasteiger partial charge on any atom is -0.386 e. The van der Waals surface area contributed by atoms with Gasteiger partial charge >= 0.3 is 11.8 Å². The second-order valence-corrected chi connectivity index (χ2v) is 5.14. The summed E-state index contributed by atoms with van der Waals surface area (Å²) < 4.78 is 13.5. The number of hydrogen-bond donors (Lipinski definition) is 3. The van der Waals surface area contributed by atoms with Crippen molar-refractivity contribution in [1.29, 1.82) is 0 Å². The summed E-state index contributed by atoms with van der Waals surface area (Å²) in [6.07, 6.45) is -1.25. The van der Waals surface area contributed by atoms with Gasteiger partial charge in [0.15, 0.2) is 0 Å². The van der Waals surface area contributed by atoms with Gasteiger partial charge < -0.3 is 15.7 Å². The fourth-order valence-corrected chi connectivity index (χ4v) is 1.97. The fourth-order valence-electron chi connectivity index (χ4n) is 1.85. The van der Waals surface area contributed by atoms with Crippen LogP contribution in [-0.4, -0.2) is 23.5 Å². The van der Waals surface area contributed by atoms with Gasteiger partial charge in [-0.2, -0.15) is 0 Å². The molecule has 1 atom stereocenters. The first-order valence-electron chi connectivity index (χ1n) is 6.74. The molecule has 2 rings (SSSR count). The average Bonchev–Trinajstić information content (AvgIpc) is 2.54. The van der Waals surface area contributed by atoms with Crippen molar-refractivity contribution >= 4 is 29.1 Å². The number of nitrogens with one attached hydrogen (secondary N) is 2. The zero-order valence-electron chi connectivity index (χ0n) is 11.9. The van der Waals surface area contributed by atoms with E-state index in [0.29, 0.717) is 10.7 Å². The number of carbonyl (C=O) groups is 2. The van der Waals surface area contributed by atoms with E-state index >= 15 is 0 Å². The third kappa shape index (κ3) is 4.77. The van der Waals surface area contributed by atoms with Crippen LogP contribution in [0.3, 0.4) is 0 Å². The van der Waals surface area contributed by atoms with Crippen molar-refractivity contribution in [3.05, 3.63) is 64.9 Å². The molecule has 2 aromatic carbocycles. The number of aliphatic hydroxyl groups is 1. The van der Waals surface area contributed by atoms with Crippen LogP contribution in [0.2, 0.25) is 5.02 Å². The van der Waals surface area contributed by atoms with Gasteiger partial charge in [0.25, 0.3) is 0 Å². The van der Waals surface area contributed by atoms with Gasteiger partial charge in [0.1, 0.15) is 5.82 Å². The minimum atomic E-state index is -1.25. The van der Waals surface area contributed by atoms with Crippen molar-refractivity contribution < 1.29 is 19.1 Å². The van der Waals surface area contributed by atoms with E-state index < -0.39 is 23.7 Å². The molecule has 0 fully saturated rings. The molecule has 0 saturated heterocycles. The van der Waals surface area contributed by atoms with E-state index in [1.54, 1.807) is 30.3 Å². The second-order valence-electron chi connectivity index (χ2n) is 4.71. The first-order valence-corrected chi connectivity index (χ1v) is 7.12. The summed E-state index contributed by atoms with van der Waals surface area (Å²) in [6, 6.07) is 11.9. The van der Waals surface area contributed by atoms with Crippen LogP contribution in [0, 0.1) is 5.82 Å². The second kappa shape index (κ2) is 7.71. The molecule has 0 bridgehead atoms. The first kappa shape index (κ1) is 16.9. The molecule has 0 saturated carbocycles. The highest BCUT2D eigenvalue weighted by molar-refractivity contribution is 6.39. The van der Waals surface area contributed by atoms with E-state index in [4.69, 9.17) is 11.6 Å². The van der Waals surface area contributed by atoms with Crippen molar-refractivity contribution in [2.24, 2.45) is 0 Å². The smallest absolute Gasteiger partial charge is 0.313 e. The predicted octanol–water partition coefficient (Wildman–Crippen LogP) is 2.27. The van der Waals surface area contributed by atoms with Crippen molar-refractivity contribution in [3.63, 3.8) is 0 Å². The fraction of sp³-hybridized carbons (Fsp3) is 0.125. The number of rotatable bonds is 4. The zero-order chi connectivity index (χ0) is 16.8. The normalized spacial score (nSPS) is 11.6. The van der Waals surface area contributed by atoms with Crippen LogP contribution in [0.1, 0.15) is 11.7 Å². The van der Waals surface area contributed by atoms with Gasteiger partial charge in [0, 0.05) is 22.8 Å². The van der Waals surface area contributed by atoms with Gasteiger partial charge in [-0.3, -0.25) is 9.59 Å². The molecule has 0 aliphatic rings. The lowest BCUT2D eigenvalue weighted by Gasteiger charge is -2.13. The molecule has 2 amide bonds. The van der Waals surface area contributed by atoms with Crippen LogP contribution in [0.25, 0.3) is 0 Å². The average molecular weight is 337 g/mol. The van der Waals surface area contributed by atoms with Crippen LogP contribution >= 0.6 is 11.6 Å². The molecule has 2 aromatic rings. The van der Waals surface area contributed by atoms with E-state index in [2.05, 4.69) is 10.6 Å². The lowest BCUT2D eigenvalue weighted by Crippen LogP contribution is -2.37. The van der Waals surface area contributed by atoms with Gasteiger partial charge in [-0.15, -0.1) is 0 Å². The Morgan fingerprint density at radius 1 is 1.09 bits per heavy atom. The minimum absolute atomic E-state index is 0.0471. The number of carbonyl (C=O) groups excluding carboxylic acids is 2. The highest BCUT2D eigenvalue weighted by atomic mass is 35.5. The monoisotopic (exact) mass is 336 g/mol. The lowest BCUT2D eigenvalue weighted by atomic mass is 10.1. The summed E-state index contributed by atoms with van der Waals surface area (Å²) in [5.41, 5.74) is 0.454. The molecule has 0 heterocycles. The molecule has 7 heteroatoms. The largest absolute Gasteiger partial charge is 0.386 e. The Kier molecular flexibility index (Phi) is 5.67. The third-order valence-corrected chi connectivity index (χ3v) is 3.28. The number of amides is 2. The van der Waals surface area contributed by atoms with E-state index in [1.165, 1.54) is 18.2 Å². The highest BCUT2D eigenvalue weighted by Crippen LogP contribution is 2.16. The number of aliphatic hydroxyl groups excluding tert-OH is 1. The predicted molar refractivity (Wildman–Crippen MR) is 84.5 cm³/mol. The summed E-state index contributed by atoms with van der Waals surface area (Å²) in [7, 11) is 0. The quantitative estimate of drug-likeness (QED) is 0.749. The SMILES string of the molecule is O=C(NCC(O)c1ccccc1F)C(=O)Nc1ccc(Cl)cc1. The summed E-state index contributed by atoms with van der Waals surface area (Å²) >= 11 is 5.72. The van der Waals surface area contributed by atoms with Gasteiger partial charge in [-0.1, -0.05) is 29.8 Å². The summed E-state index contributed by atoms with van der Waals surface area (Å²) in [4.78, 5) is 23.4. The van der Waals surface area contributed by atoms with Crippen molar-refractivity contribution in [2.45, 2.75) is 6.10 Å². The van der Waals surface area contributed by atoms with Crippen LogP contribution in [-0.2, 0) is 9.59 Å². The highest BCUT2D eigenvalue weighted by Gasteiger charge is 2.17. The Labute approximate surface area is 137 Å². The Bertz CT molecular complexity index is 707. The molecule has 120 valence electrons. The van der Waals surface area contributed by atoms with Gasteiger partial charge in [-0.05, 0) is 30.3 Å². The van der Waals surface area contributed by atoms with E-state index in [1.807, 2.05) is 0 Å². The van der Waals surface area contributed by atoms with E-state index in [9.17, 15) is 19.1 Å². The number of benzene rings is 2. The molecule has 5 nitrogen and oxygen atoms in total. The topological polar surface area (TPSA) is 78.4 Å². The summed E-state index contributed by atoms with van der Waals surface area (Å²) in [6.45, 7) is -0.284. The molecule has 0 radical (unpaired) electrons. The molecular formula is C16H14ClFN2O3. The van der Waals surface area contributed by atoms with Crippen LogP contribution in [0.15, 0.2) is 48.5 Å². The van der Waals surface area contributed by atoms with Crippen molar-refractivity contribution in [3.8, 4) is 0 Å². The zero-order valence-corrected chi connectivity index (χ0v) is 12.7. The first-order chi connectivity index (χ1) is 11.0. The van der Waals surface area contributed by atoms with E-state index in [0.717, 1.165) is 0 Å². The molecule has 1 unspecified atom stereocenters. The molecule has 3 N–H and O–H groups in total. The maximum absolute atomic E-state index is 13.5. The Balaban J connectivity index is 1.87.